The lowest BCUT2D eigenvalue weighted by molar-refractivity contribution is -0.159. The van der Waals surface area contributed by atoms with Crippen LogP contribution in [-0.4, -0.2) is 46.7 Å². The molecular weight excluding hydrogens is 385 g/mol. The Morgan fingerprint density at radius 2 is 1.60 bits per heavy atom. The molecule has 1 N–H and O–H groups in total. The molecule has 1 unspecified atom stereocenters. The van der Waals surface area contributed by atoms with Gasteiger partial charge >= 0.3 is 11.8 Å². The summed E-state index contributed by atoms with van der Waals surface area (Å²) in [5.41, 5.74) is 2.56. The highest BCUT2D eigenvalue weighted by Gasteiger charge is 2.38. The van der Waals surface area contributed by atoms with E-state index < -0.39 is 17.9 Å². The van der Waals surface area contributed by atoms with Crippen LogP contribution in [-0.2, 0) is 27.3 Å². The SMILES string of the molecule is CCc1ccc(NC(=O)C(CC)N2CCN(Cc3ccc(F)cc3)C(=O)C2=O)cc1. The van der Waals surface area contributed by atoms with Crippen LogP contribution in [0.4, 0.5) is 10.1 Å². The molecule has 0 spiro atoms. The maximum atomic E-state index is 13.1. The molecule has 1 fully saturated rings. The minimum absolute atomic E-state index is 0.228. The Bertz CT molecular complexity index is 912. The van der Waals surface area contributed by atoms with Crippen molar-refractivity contribution in [3.05, 3.63) is 65.5 Å². The number of aryl methyl sites for hydroxylation is 1. The van der Waals surface area contributed by atoms with E-state index in [0.29, 0.717) is 18.7 Å². The first kappa shape index (κ1) is 21.5. The molecule has 6 nitrogen and oxygen atoms in total. The molecule has 30 heavy (non-hydrogen) atoms. The van der Waals surface area contributed by atoms with Gasteiger partial charge in [0.15, 0.2) is 0 Å². The molecule has 1 saturated heterocycles. The molecule has 0 aliphatic carbocycles. The molecule has 1 aliphatic heterocycles. The monoisotopic (exact) mass is 411 g/mol. The Hall–Kier alpha value is -3.22. The van der Waals surface area contributed by atoms with Gasteiger partial charge in [0.2, 0.25) is 5.91 Å². The summed E-state index contributed by atoms with van der Waals surface area (Å²) in [6, 6.07) is 12.6. The van der Waals surface area contributed by atoms with Gasteiger partial charge in [0.25, 0.3) is 0 Å². The van der Waals surface area contributed by atoms with Crippen molar-refractivity contribution in [2.45, 2.75) is 39.3 Å². The summed E-state index contributed by atoms with van der Waals surface area (Å²) in [5.74, 6) is -2.00. The van der Waals surface area contributed by atoms with Crippen molar-refractivity contribution in [1.29, 1.82) is 0 Å². The van der Waals surface area contributed by atoms with Crippen LogP contribution in [0.3, 0.4) is 0 Å². The van der Waals surface area contributed by atoms with Gasteiger partial charge in [-0.05, 0) is 48.2 Å². The van der Waals surface area contributed by atoms with E-state index in [2.05, 4.69) is 12.2 Å². The predicted molar refractivity (Wildman–Crippen MR) is 112 cm³/mol. The molecule has 1 atom stereocenters. The van der Waals surface area contributed by atoms with Crippen molar-refractivity contribution in [3.63, 3.8) is 0 Å². The summed E-state index contributed by atoms with van der Waals surface area (Å²) >= 11 is 0. The van der Waals surface area contributed by atoms with Gasteiger partial charge < -0.3 is 15.1 Å². The second-order valence-electron chi connectivity index (χ2n) is 7.32. The molecule has 0 aromatic heterocycles. The van der Waals surface area contributed by atoms with E-state index in [1.807, 2.05) is 31.2 Å². The molecule has 1 aliphatic rings. The van der Waals surface area contributed by atoms with E-state index in [4.69, 9.17) is 0 Å². The minimum Gasteiger partial charge on any atom is -0.328 e. The van der Waals surface area contributed by atoms with Crippen molar-refractivity contribution >= 4 is 23.4 Å². The molecule has 2 aromatic rings. The molecule has 1 heterocycles. The number of carbonyl (C=O) groups is 3. The van der Waals surface area contributed by atoms with Gasteiger partial charge in [0, 0.05) is 25.3 Å². The zero-order valence-corrected chi connectivity index (χ0v) is 17.2. The number of hydrogen-bond donors (Lipinski definition) is 1. The van der Waals surface area contributed by atoms with Crippen LogP contribution < -0.4 is 5.32 Å². The number of benzene rings is 2. The fraction of sp³-hybridized carbons (Fsp3) is 0.348. The lowest BCUT2D eigenvalue weighted by Gasteiger charge is -2.37. The van der Waals surface area contributed by atoms with Crippen LogP contribution in [0.15, 0.2) is 48.5 Å². The molecule has 0 saturated carbocycles. The Kier molecular flexibility index (Phi) is 6.82. The van der Waals surface area contributed by atoms with Crippen molar-refractivity contribution in [1.82, 2.24) is 9.80 Å². The zero-order chi connectivity index (χ0) is 21.7. The van der Waals surface area contributed by atoms with Gasteiger partial charge in [-0.15, -0.1) is 0 Å². The van der Waals surface area contributed by atoms with Crippen molar-refractivity contribution in [2.75, 3.05) is 18.4 Å². The second-order valence-corrected chi connectivity index (χ2v) is 7.32. The van der Waals surface area contributed by atoms with Crippen LogP contribution in [0.5, 0.6) is 0 Å². The van der Waals surface area contributed by atoms with Crippen LogP contribution >= 0.6 is 0 Å². The number of rotatable bonds is 7. The van der Waals surface area contributed by atoms with Crippen LogP contribution in [0.2, 0.25) is 0 Å². The summed E-state index contributed by atoms with van der Waals surface area (Å²) in [6.07, 6.45) is 1.31. The smallest absolute Gasteiger partial charge is 0.312 e. The van der Waals surface area contributed by atoms with Gasteiger partial charge in [0.1, 0.15) is 11.9 Å². The molecule has 158 valence electrons. The van der Waals surface area contributed by atoms with Crippen LogP contribution in [0, 0.1) is 5.82 Å². The number of anilines is 1. The quantitative estimate of drug-likeness (QED) is 0.712. The highest BCUT2D eigenvalue weighted by molar-refractivity contribution is 6.35. The lowest BCUT2D eigenvalue weighted by atomic mass is 10.1. The van der Waals surface area contributed by atoms with Gasteiger partial charge in [0.05, 0.1) is 0 Å². The highest BCUT2D eigenvalue weighted by Crippen LogP contribution is 2.17. The van der Waals surface area contributed by atoms with E-state index in [0.717, 1.165) is 17.5 Å². The third-order valence-corrected chi connectivity index (χ3v) is 5.32. The summed E-state index contributed by atoms with van der Waals surface area (Å²) in [7, 11) is 0. The predicted octanol–water partition coefficient (Wildman–Crippen LogP) is 2.98. The summed E-state index contributed by atoms with van der Waals surface area (Å²) in [6.45, 7) is 4.68. The van der Waals surface area contributed by atoms with Crippen LogP contribution in [0.25, 0.3) is 0 Å². The van der Waals surface area contributed by atoms with E-state index in [-0.39, 0.29) is 24.8 Å². The van der Waals surface area contributed by atoms with Gasteiger partial charge in [-0.25, -0.2) is 4.39 Å². The molecule has 0 radical (unpaired) electrons. The lowest BCUT2D eigenvalue weighted by Crippen LogP contribution is -2.59. The maximum absolute atomic E-state index is 13.1. The van der Waals surface area contributed by atoms with Gasteiger partial charge in [-0.3, -0.25) is 14.4 Å². The summed E-state index contributed by atoms with van der Waals surface area (Å²) < 4.78 is 13.1. The van der Waals surface area contributed by atoms with Gasteiger partial charge in [-0.2, -0.15) is 0 Å². The Morgan fingerprint density at radius 3 is 2.20 bits per heavy atom. The van der Waals surface area contributed by atoms with Crippen LogP contribution in [0.1, 0.15) is 31.4 Å². The molecular formula is C23H26FN3O3. The fourth-order valence-corrected chi connectivity index (χ4v) is 3.54. The molecule has 3 amide bonds. The fourth-order valence-electron chi connectivity index (χ4n) is 3.54. The Balaban J connectivity index is 1.65. The second kappa shape index (κ2) is 9.52. The third-order valence-electron chi connectivity index (χ3n) is 5.32. The molecule has 0 bridgehead atoms. The van der Waals surface area contributed by atoms with E-state index >= 15 is 0 Å². The average molecular weight is 411 g/mol. The van der Waals surface area contributed by atoms with E-state index in [1.54, 1.807) is 12.1 Å². The molecule has 2 aromatic carbocycles. The summed E-state index contributed by atoms with van der Waals surface area (Å²) in [5, 5.41) is 2.84. The first-order chi connectivity index (χ1) is 14.4. The Morgan fingerprint density at radius 1 is 0.967 bits per heavy atom. The van der Waals surface area contributed by atoms with E-state index in [1.165, 1.54) is 21.9 Å². The maximum Gasteiger partial charge on any atom is 0.312 e. The van der Waals surface area contributed by atoms with Crippen molar-refractivity contribution in [2.24, 2.45) is 0 Å². The number of hydrogen-bond acceptors (Lipinski definition) is 3. The molecule has 3 rings (SSSR count). The Labute approximate surface area is 175 Å². The number of halogens is 1. The van der Waals surface area contributed by atoms with Crippen molar-refractivity contribution < 1.29 is 18.8 Å². The standard InChI is InChI=1S/C23H26FN3O3/c1-3-16-7-11-19(12-8-16)25-21(28)20(4-2)27-14-13-26(22(29)23(27)30)15-17-5-9-18(24)10-6-17/h5-12,20H,3-4,13-15H2,1-2H3,(H,25,28). The molecule has 7 heteroatoms. The number of piperazine rings is 1. The zero-order valence-electron chi connectivity index (χ0n) is 17.2. The average Bonchev–Trinajstić information content (AvgIpc) is 2.75. The number of nitrogens with one attached hydrogen (secondary N) is 1. The van der Waals surface area contributed by atoms with E-state index in [9.17, 15) is 18.8 Å². The topological polar surface area (TPSA) is 69.7 Å². The number of carbonyl (C=O) groups excluding carboxylic acids is 3. The number of nitrogens with zero attached hydrogens (tertiary/aromatic N) is 2. The summed E-state index contributed by atoms with van der Waals surface area (Å²) in [4.78, 5) is 40.9. The van der Waals surface area contributed by atoms with Crippen molar-refractivity contribution in [3.8, 4) is 0 Å². The first-order valence-corrected chi connectivity index (χ1v) is 10.2. The number of amides is 3. The normalized spacial score (nSPS) is 15.3. The largest absolute Gasteiger partial charge is 0.328 e. The third kappa shape index (κ3) is 4.84. The highest BCUT2D eigenvalue weighted by atomic mass is 19.1. The first-order valence-electron chi connectivity index (χ1n) is 10.2. The van der Waals surface area contributed by atoms with Gasteiger partial charge in [-0.1, -0.05) is 38.1 Å². The minimum atomic E-state index is -0.722.